The summed E-state index contributed by atoms with van der Waals surface area (Å²) in [4.78, 5) is 12.7. The topological polar surface area (TPSA) is 94.8 Å². The van der Waals surface area contributed by atoms with Gasteiger partial charge in [0.25, 0.3) is 5.91 Å². The maximum absolute atomic E-state index is 13.2. The zero-order valence-electron chi connectivity index (χ0n) is 16.7. The van der Waals surface area contributed by atoms with Crippen LogP contribution in [0.3, 0.4) is 0 Å². The van der Waals surface area contributed by atoms with Crippen molar-refractivity contribution in [2.24, 2.45) is 0 Å². The largest absolute Gasteiger partial charge is 0.497 e. The molecule has 0 saturated heterocycles. The van der Waals surface area contributed by atoms with Gasteiger partial charge in [0.05, 0.1) is 24.9 Å². The molecule has 2 aromatic carbocycles. The Balaban J connectivity index is 1.80. The fraction of sp³-hybridized carbons (Fsp3) is 0.227. The van der Waals surface area contributed by atoms with Crippen LogP contribution < -0.4 is 14.8 Å². The number of benzene rings is 2. The maximum Gasteiger partial charge on any atom is 0.251 e. The van der Waals surface area contributed by atoms with Crippen molar-refractivity contribution in [3.63, 3.8) is 0 Å². The van der Waals surface area contributed by atoms with Crippen LogP contribution in [0.1, 0.15) is 28.3 Å². The van der Waals surface area contributed by atoms with E-state index in [1.165, 1.54) is 25.5 Å². The molecule has 1 heterocycles. The van der Waals surface area contributed by atoms with E-state index in [-0.39, 0.29) is 23.1 Å². The molecule has 3 rings (SSSR count). The first kappa shape index (κ1) is 21.4. The van der Waals surface area contributed by atoms with Crippen LogP contribution in [0.15, 0.2) is 76.2 Å². The Labute approximate surface area is 175 Å². The highest BCUT2D eigenvalue weighted by Gasteiger charge is 2.32. The summed E-state index contributed by atoms with van der Waals surface area (Å²) < 4.78 is 42.3. The number of carbonyl (C=O) groups is 1. The van der Waals surface area contributed by atoms with Gasteiger partial charge in [-0.2, -0.15) is 0 Å². The summed E-state index contributed by atoms with van der Waals surface area (Å²) in [6.07, 6.45) is 1.40. The van der Waals surface area contributed by atoms with Gasteiger partial charge in [0.1, 0.15) is 22.5 Å². The highest BCUT2D eigenvalue weighted by Crippen LogP contribution is 2.30. The number of methoxy groups -OCH3 is 1. The molecule has 1 N–H and O–H groups in total. The summed E-state index contributed by atoms with van der Waals surface area (Å²) in [5.41, 5.74) is 0.401. The van der Waals surface area contributed by atoms with Crippen LogP contribution in [-0.2, 0) is 9.84 Å². The number of rotatable bonds is 9. The van der Waals surface area contributed by atoms with Crippen LogP contribution in [0.25, 0.3) is 0 Å². The molecule has 1 amide bonds. The van der Waals surface area contributed by atoms with E-state index >= 15 is 0 Å². The van der Waals surface area contributed by atoms with Gasteiger partial charge in [-0.15, -0.1) is 0 Å². The number of nitrogens with one attached hydrogen (secondary N) is 1. The van der Waals surface area contributed by atoms with Crippen molar-refractivity contribution < 1.29 is 27.1 Å². The van der Waals surface area contributed by atoms with Crippen LogP contribution in [0, 0.1) is 0 Å². The minimum absolute atomic E-state index is 0.111. The van der Waals surface area contributed by atoms with E-state index < -0.39 is 15.1 Å². The molecule has 0 unspecified atom stereocenters. The van der Waals surface area contributed by atoms with Crippen molar-refractivity contribution in [1.29, 1.82) is 0 Å². The molecule has 8 heteroatoms. The fourth-order valence-corrected chi connectivity index (χ4v) is 4.51. The van der Waals surface area contributed by atoms with E-state index in [0.29, 0.717) is 23.7 Å². The second kappa shape index (κ2) is 9.49. The summed E-state index contributed by atoms with van der Waals surface area (Å²) in [7, 11) is -2.32. The Kier molecular flexibility index (Phi) is 6.79. The molecule has 3 aromatic rings. The molecule has 0 saturated carbocycles. The summed E-state index contributed by atoms with van der Waals surface area (Å²) in [5.74, 6) is 1.06. The van der Waals surface area contributed by atoms with Crippen molar-refractivity contribution in [3.05, 3.63) is 78.3 Å². The lowest BCUT2D eigenvalue weighted by molar-refractivity contribution is 0.0953. The zero-order valence-corrected chi connectivity index (χ0v) is 17.5. The smallest absolute Gasteiger partial charge is 0.251 e. The van der Waals surface area contributed by atoms with E-state index in [9.17, 15) is 13.2 Å². The Bertz CT molecular complexity index is 1060. The second-order valence-electron chi connectivity index (χ2n) is 6.39. The highest BCUT2D eigenvalue weighted by molar-refractivity contribution is 7.91. The number of hydrogen-bond acceptors (Lipinski definition) is 6. The van der Waals surface area contributed by atoms with Gasteiger partial charge in [0.2, 0.25) is 0 Å². The quantitative estimate of drug-likeness (QED) is 0.558. The molecule has 1 atom stereocenters. The number of amides is 1. The Morgan fingerprint density at radius 2 is 1.70 bits per heavy atom. The van der Waals surface area contributed by atoms with E-state index in [1.807, 2.05) is 6.92 Å². The Morgan fingerprint density at radius 1 is 1.03 bits per heavy atom. The molecule has 7 nitrogen and oxygen atoms in total. The van der Waals surface area contributed by atoms with Crippen LogP contribution in [0.4, 0.5) is 0 Å². The maximum atomic E-state index is 13.2. The number of furan rings is 1. The lowest BCUT2D eigenvalue weighted by Gasteiger charge is -2.17. The molecule has 30 heavy (non-hydrogen) atoms. The first-order chi connectivity index (χ1) is 14.5. The predicted octanol–water partition coefficient (Wildman–Crippen LogP) is 3.63. The van der Waals surface area contributed by atoms with Gasteiger partial charge in [-0.1, -0.05) is 0 Å². The van der Waals surface area contributed by atoms with Crippen LogP contribution in [0.2, 0.25) is 0 Å². The minimum atomic E-state index is -3.82. The van der Waals surface area contributed by atoms with Gasteiger partial charge in [-0.25, -0.2) is 8.42 Å². The van der Waals surface area contributed by atoms with Crippen LogP contribution in [0.5, 0.6) is 11.5 Å². The molecular weight excluding hydrogens is 406 g/mol. The van der Waals surface area contributed by atoms with Gasteiger partial charge < -0.3 is 19.2 Å². The molecule has 0 fully saturated rings. The average Bonchev–Trinajstić information content (AvgIpc) is 3.29. The lowest BCUT2D eigenvalue weighted by atomic mass is 10.2. The monoisotopic (exact) mass is 429 g/mol. The molecule has 0 bridgehead atoms. The fourth-order valence-electron chi connectivity index (χ4n) is 2.92. The van der Waals surface area contributed by atoms with Crippen molar-refractivity contribution in [2.75, 3.05) is 20.3 Å². The summed E-state index contributed by atoms with van der Waals surface area (Å²) in [6.45, 7) is 2.26. The minimum Gasteiger partial charge on any atom is -0.497 e. The number of hydrogen-bond donors (Lipinski definition) is 1. The third-order valence-corrected chi connectivity index (χ3v) is 6.58. The molecule has 0 aliphatic heterocycles. The number of carbonyl (C=O) groups excluding carboxylic acids is 1. The van der Waals surface area contributed by atoms with Gasteiger partial charge in [0.15, 0.2) is 9.84 Å². The Morgan fingerprint density at radius 3 is 2.27 bits per heavy atom. The third-order valence-electron chi connectivity index (χ3n) is 4.50. The molecule has 0 radical (unpaired) electrons. The van der Waals surface area contributed by atoms with E-state index in [0.717, 1.165) is 0 Å². The first-order valence-electron chi connectivity index (χ1n) is 9.38. The summed E-state index contributed by atoms with van der Waals surface area (Å²) in [5, 5.41) is 1.62. The van der Waals surface area contributed by atoms with Gasteiger partial charge >= 0.3 is 0 Å². The van der Waals surface area contributed by atoms with Gasteiger partial charge in [0, 0.05) is 12.1 Å². The van der Waals surface area contributed by atoms with E-state index in [2.05, 4.69) is 5.32 Å². The van der Waals surface area contributed by atoms with Crippen molar-refractivity contribution in [1.82, 2.24) is 5.32 Å². The molecule has 0 spiro atoms. The van der Waals surface area contributed by atoms with Crippen molar-refractivity contribution >= 4 is 15.7 Å². The molecule has 0 aliphatic carbocycles. The van der Waals surface area contributed by atoms with Crippen LogP contribution >= 0.6 is 0 Å². The lowest BCUT2D eigenvalue weighted by Crippen LogP contribution is -2.31. The van der Waals surface area contributed by atoms with Crippen LogP contribution in [-0.4, -0.2) is 34.6 Å². The highest BCUT2D eigenvalue weighted by atomic mass is 32.2. The SMILES string of the molecule is CCOc1ccc(C(=O)NC[C@@H](c2ccco2)S(=O)(=O)c2ccc(OC)cc2)cc1. The number of ether oxygens (including phenoxy) is 2. The zero-order chi connectivity index (χ0) is 21.6. The Hall–Kier alpha value is -3.26. The standard InChI is InChI=1S/C22H23NO6S/c1-3-28-18-8-6-16(7-9-18)22(24)23-15-21(20-5-4-14-29-20)30(25,26)19-12-10-17(27-2)11-13-19/h4-14,21H,3,15H2,1-2H3,(H,23,24)/t21-/m0/s1. The first-order valence-corrected chi connectivity index (χ1v) is 10.9. The van der Waals surface area contributed by atoms with Crippen molar-refractivity contribution in [2.45, 2.75) is 17.1 Å². The van der Waals surface area contributed by atoms with Crippen molar-refractivity contribution in [3.8, 4) is 11.5 Å². The number of sulfone groups is 1. The molecule has 0 aliphatic rings. The molecular formula is C22H23NO6S. The average molecular weight is 429 g/mol. The predicted molar refractivity (Wildman–Crippen MR) is 112 cm³/mol. The molecule has 158 valence electrons. The van der Waals surface area contributed by atoms with Gasteiger partial charge in [-0.3, -0.25) is 4.79 Å². The third kappa shape index (κ3) is 4.83. The van der Waals surface area contributed by atoms with E-state index in [4.69, 9.17) is 13.9 Å². The van der Waals surface area contributed by atoms with E-state index in [1.54, 1.807) is 48.5 Å². The summed E-state index contributed by atoms with van der Waals surface area (Å²) >= 11 is 0. The molecule has 1 aromatic heterocycles. The van der Waals surface area contributed by atoms with Gasteiger partial charge in [-0.05, 0) is 67.6 Å². The summed E-state index contributed by atoms with van der Waals surface area (Å²) in [6, 6.07) is 15.9. The normalized spacial score (nSPS) is 12.2. The second-order valence-corrected chi connectivity index (χ2v) is 8.52.